The fourth-order valence-electron chi connectivity index (χ4n) is 3.43. The molecule has 0 aliphatic rings. The molecule has 7 heteroatoms. The Morgan fingerprint density at radius 1 is 0.935 bits per heavy atom. The zero-order valence-electron chi connectivity index (χ0n) is 18.2. The molecule has 0 fully saturated rings. The highest BCUT2D eigenvalue weighted by Crippen LogP contribution is 2.37. The van der Waals surface area contributed by atoms with Gasteiger partial charge in [-0.2, -0.15) is 0 Å². The third kappa shape index (κ3) is 4.21. The zero-order valence-corrected chi connectivity index (χ0v) is 18.2. The van der Waals surface area contributed by atoms with Gasteiger partial charge in [0.05, 0.1) is 31.8 Å². The van der Waals surface area contributed by atoms with E-state index in [1.807, 2.05) is 56.3 Å². The minimum absolute atomic E-state index is 0.288. The molecule has 0 N–H and O–H groups in total. The number of ether oxygens (including phenoxy) is 2. The topological polar surface area (TPSA) is 81.7 Å². The standard InChI is InChI=1S/C24H24N3O4/c1-15-20(23(28)30-4)22(21(24(29)31-5)16(2)27(15)3)18-11-6-7-12-19(18)26-14-17-10-8-9-13-25-17/h6-14H,1-5H3/q+1. The van der Waals surface area contributed by atoms with Crippen LogP contribution in [-0.2, 0) is 16.5 Å². The summed E-state index contributed by atoms with van der Waals surface area (Å²) in [5, 5.41) is 0. The monoisotopic (exact) mass is 418 g/mol. The number of esters is 2. The molecule has 158 valence electrons. The van der Waals surface area contributed by atoms with Crippen molar-refractivity contribution in [3.63, 3.8) is 0 Å². The largest absolute Gasteiger partial charge is 0.465 e. The van der Waals surface area contributed by atoms with Crippen LogP contribution in [-0.4, -0.2) is 37.4 Å². The highest BCUT2D eigenvalue weighted by atomic mass is 16.5. The van der Waals surface area contributed by atoms with Crippen molar-refractivity contribution in [3.05, 3.63) is 76.9 Å². The van der Waals surface area contributed by atoms with Gasteiger partial charge in [-0.15, -0.1) is 0 Å². The summed E-state index contributed by atoms with van der Waals surface area (Å²) in [5.41, 5.74) is 4.21. The summed E-state index contributed by atoms with van der Waals surface area (Å²) >= 11 is 0. The molecule has 2 aromatic heterocycles. The second kappa shape index (κ2) is 9.30. The van der Waals surface area contributed by atoms with Crippen LogP contribution in [0, 0.1) is 13.8 Å². The first-order chi connectivity index (χ1) is 14.9. The predicted octanol–water partition coefficient (Wildman–Crippen LogP) is 3.51. The van der Waals surface area contributed by atoms with Gasteiger partial charge in [0, 0.05) is 31.2 Å². The lowest BCUT2D eigenvalue weighted by molar-refractivity contribution is -0.683. The molecule has 31 heavy (non-hydrogen) atoms. The fraction of sp³-hybridized carbons (Fsp3) is 0.208. The molecule has 0 amide bonds. The van der Waals surface area contributed by atoms with E-state index in [0.717, 1.165) is 0 Å². The number of pyridine rings is 2. The van der Waals surface area contributed by atoms with Gasteiger partial charge in [-0.25, -0.2) is 14.2 Å². The van der Waals surface area contributed by atoms with E-state index in [1.165, 1.54) is 14.2 Å². The van der Waals surface area contributed by atoms with Crippen LogP contribution in [0.3, 0.4) is 0 Å². The number of aliphatic imine (C=N–C) groups is 1. The third-order valence-corrected chi connectivity index (χ3v) is 5.21. The Balaban J connectivity index is 2.36. The summed E-state index contributed by atoms with van der Waals surface area (Å²) in [7, 11) is 4.42. The van der Waals surface area contributed by atoms with Gasteiger partial charge >= 0.3 is 11.9 Å². The van der Waals surface area contributed by atoms with Crippen molar-refractivity contribution < 1.29 is 23.6 Å². The van der Waals surface area contributed by atoms with E-state index in [2.05, 4.69) is 9.98 Å². The summed E-state index contributed by atoms with van der Waals surface area (Å²) in [6, 6.07) is 12.8. The van der Waals surface area contributed by atoms with Crippen molar-refractivity contribution >= 4 is 23.8 Å². The number of aromatic nitrogens is 2. The highest BCUT2D eigenvalue weighted by Gasteiger charge is 2.34. The highest BCUT2D eigenvalue weighted by molar-refractivity contribution is 6.08. The van der Waals surface area contributed by atoms with E-state index in [0.29, 0.717) is 33.9 Å². The van der Waals surface area contributed by atoms with Crippen LogP contribution in [0.5, 0.6) is 0 Å². The lowest BCUT2D eigenvalue weighted by Crippen LogP contribution is -2.40. The molecule has 7 nitrogen and oxygen atoms in total. The van der Waals surface area contributed by atoms with Crippen LogP contribution < -0.4 is 4.57 Å². The molecule has 0 unspecified atom stereocenters. The molecule has 0 radical (unpaired) electrons. The van der Waals surface area contributed by atoms with E-state index >= 15 is 0 Å². The van der Waals surface area contributed by atoms with Crippen LogP contribution in [0.2, 0.25) is 0 Å². The number of carbonyl (C=O) groups excluding carboxylic acids is 2. The predicted molar refractivity (Wildman–Crippen MR) is 117 cm³/mol. The number of para-hydroxylation sites is 1. The number of hydrogen-bond acceptors (Lipinski definition) is 6. The summed E-state index contributed by atoms with van der Waals surface area (Å²) in [6.45, 7) is 3.62. The Kier molecular flexibility index (Phi) is 6.55. The SMILES string of the molecule is COC(=O)c1c(-c2ccccc2N=Cc2ccccn2)c(C(=O)OC)c(C)[n+](C)c1C. The van der Waals surface area contributed by atoms with Gasteiger partial charge in [0.1, 0.15) is 18.2 Å². The number of nitrogens with zero attached hydrogens (tertiary/aromatic N) is 3. The van der Waals surface area contributed by atoms with Gasteiger partial charge in [0.15, 0.2) is 11.4 Å². The smallest absolute Gasteiger partial charge is 0.344 e. The van der Waals surface area contributed by atoms with Crippen molar-refractivity contribution in [3.8, 4) is 11.1 Å². The minimum Gasteiger partial charge on any atom is -0.465 e. The number of hydrogen-bond donors (Lipinski definition) is 0. The van der Waals surface area contributed by atoms with E-state index in [1.54, 1.807) is 24.0 Å². The Hall–Kier alpha value is -3.87. The maximum atomic E-state index is 12.8. The molecule has 0 bridgehead atoms. The van der Waals surface area contributed by atoms with Crippen molar-refractivity contribution in [2.45, 2.75) is 13.8 Å². The lowest BCUT2D eigenvalue weighted by Gasteiger charge is -2.17. The van der Waals surface area contributed by atoms with Crippen molar-refractivity contribution in [1.29, 1.82) is 0 Å². The molecular weight excluding hydrogens is 394 g/mol. The van der Waals surface area contributed by atoms with Gasteiger partial charge in [0.2, 0.25) is 0 Å². The summed E-state index contributed by atoms with van der Waals surface area (Å²) in [6.07, 6.45) is 3.32. The molecule has 0 aliphatic carbocycles. The molecular formula is C24H24N3O4+. The van der Waals surface area contributed by atoms with Gasteiger partial charge in [-0.05, 0) is 18.2 Å². The second-order valence-corrected chi connectivity index (χ2v) is 6.87. The normalized spacial score (nSPS) is 10.9. The van der Waals surface area contributed by atoms with E-state index < -0.39 is 11.9 Å². The van der Waals surface area contributed by atoms with Crippen molar-refractivity contribution in [2.24, 2.45) is 12.0 Å². The maximum Gasteiger partial charge on any atom is 0.344 e. The molecule has 0 saturated carbocycles. The first-order valence-corrected chi connectivity index (χ1v) is 9.65. The number of methoxy groups -OCH3 is 2. The quantitative estimate of drug-likeness (QED) is 0.360. The van der Waals surface area contributed by atoms with Gasteiger partial charge in [0.25, 0.3) is 0 Å². The van der Waals surface area contributed by atoms with Gasteiger partial charge in [-0.3, -0.25) is 9.98 Å². The first kappa shape index (κ1) is 21.8. The lowest BCUT2D eigenvalue weighted by atomic mass is 9.91. The van der Waals surface area contributed by atoms with E-state index in [4.69, 9.17) is 9.47 Å². The third-order valence-electron chi connectivity index (χ3n) is 5.21. The molecule has 0 spiro atoms. The number of rotatable bonds is 5. The molecule has 0 atom stereocenters. The maximum absolute atomic E-state index is 12.8. The minimum atomic E-state index is -0.545. The average Bonchev–Trinajstić information content (AvgIpc) is 2.81. The molecule has 3 rings (SSSR count). The van der Waals surface area contributed by atoms with Gasteiger partial charge in [-0.1, -0.05) is 24.3 Å². The second-order valence-electron chi connectivity index (χ2n) is 6.87. The van der Waals surface area contributed by atoms with Crippen molar-refractivity contribution in [1.82, 2.24) is 4.98 Å². The Bertz CT molecular complexity index is 1130. The van der Waals surface area contributed by atoms with E-state index in [9.17, 15) is 9.59 Å². The molecule has 0 saturated heterocycles. The number of carbonyl (C=O) groups is 2. The van der Waals surface area contributed by atoms with E-state index in [-0.39, 0.29) is 11.1 Å². The molecule has 1 aromatic carbocycles. The summed E-state index contributed by atoms with van der Waals surface area (Å²) in [5.74, 6) is -1.09. The van der Waals surface area contributed by atoms with Crippen LogP contribution in [0.1, 0.15) is 37.8 Å². The Morgan fingerprint density at radius 3 is 2.06 bits per heavy atom. The Labute approximate surface area is 181 Å². The summed E-state index contributed by atoms with van der Waals surface area (Å²) < 4.78 is 11.9. The summed E-state index contributed by atoms with van der Waals surface area (Å²) in [4.78, 5) is 34.5. The zero-order chi connectivity index (χ0) is 22.5. The van der Waals surface area contributed by atoms with Crippen LogP contribution >= 0.6 is 0 Å². The molecule has 3 aromatic rings. The van der Waals surface area contributed by atoms with Gasteiger partial charge < -0.3 is 9.47 Å². The fourth-order valence-corrected chi connectivity index (χ4v) is 3.43. The van der Waals surface area contributed by atoms with Crippen molar-refractivity contribution in [2.75, 3.05) is 14.2 Å². The van der Waals surface area contributed by atoms with Crippen LogP contribution in [0.15, 0.2) is 53.7 Å². The molecule has 0 aliphatic heterocycles. The average molecular weight is 418 g/mol. The number of benzene rings is 1. The first-order valence-electron chi connectivity index (χ1n) is 9.65. The van der Waals surface area contributed by atoms with Crippen LogP contribution in [0.25, 0.3) is 11.1 Å². The Morgan fingerprint density at radius 2 is 1.52 bits per heavy atom. The van der Waals surface area contributed by atoms with Crippen LogP contribution in [0.4, 0.5) is 5.69 Å². The molecule has 2 heterocycles.